The molecule has 1 aromatic rings. The molecule has 1 fully saturated rings. The standard InChI is InChI=1S/C16H17F3O4/c1-2-13(21)15(12-7-10(20)8-14(12)22)23-11-5-3-9(4-6-11)16(17,18)19/h3-6,12,14,21-22H,2,7-8H2,1H3/b15-13+. The third-order valence-electron chi connectivity index (χ3n) is 3.71. The summed E-state index contributed by atoms with van der Waals surface area (Å²) >= 11 is 0. The van der Waals surface area contributed by atoms with Gasteiger partial charge in [0.25, 0.3) is 0 Å². The Bertz CT molecular complexity index is 605. The highest BCUT2D eigenvalue weighted by molar-refractivity contribution is 5.82. The van der Waals surface area contributed by atoms with Crippen molar-refractivity contribution in [3.05, 3.63) is 41.3 Å². The predicted molar refractivity (Wildman–Crippen MR) is 75.8 cm³/mol. The smallest absolute Gasteiger partial charge is 0.416 e. The van der Waals surface area contributed by atoms with Crippen molar-refractivity contribution in [1.82, 2.24) is 0 Å². The number of rotatable bonds is 4. The molecule has 0 saturated heterocycles. The summed E-state index contributed by atoms with van der Waals surface area (Å²) in [5.74, 6) is -0.849. The van der Waals surface area contributed by atoms with Gasteiger partial charge in [0, 0.05) is 19.3 Å². The highest BCUT2D eigenvalue weighted by atomic mass is 19.4. The zero-order chi connectivity index (χ0) is 17.2. The van der Waals surface area contributed by atoms with Gasteiger partial charge in [-0.05, 0) is 24.3 Å². The van der Waals surface area contributed by atoms with Crippen molar-refractivity contribution in [2.45, 2.75) is 38.5 Å². The number of carbonyl (C=O) groups excluding carboxylic acids is 1. The maximum atomic E-state index is 12.5. The fraction of sp³-hybridized carbons (Fsp3) is 0.438. The van der Waals surface area contributed by atoms with Gasteiger partial charge in [0.2, 0.25) is 0 Å². The Morgan fingerprint density at radius 2 is 1.87 bits per heavy atom. The average Bonchev–Trinajstić information content (AvgIpc) is 2.82. The van der Waals surface area contributed by atoms with E-state index in [9.17, 15) is 28.2 Å². The van der Waals surface area contributed by atoms with Gasteiger partial charge in [-0.3, -0.25) is 4.79 Å². The minimum absolute atomic E-state index is 0.0263. The van der Waals surface area contributed by atoms with Crippen LogP contribution in [0.4, 0.5) is 13.2 Å². The molecule has 0 radical (unpaired) electrons. The molecule has 1 aromatic carbocycles. The summed E-state index contributed by atoms with van der Waals surface area (Å²) in [6.45, 7) is 1.66. The van der Waals surface area contributed by atoms with E-state index >= 15 is 0 Å². The summed E-state index contributed by atoms with van der Waals surface area (Å²) in [5.41, 5.74) is -0.814. The molecule has 23 heavy (non-hydrogen) atoms. The van der Waals surface area contributed by atoms with Crippen molar-refractivity contribution >= 4 is 5.78 Å². The highest BCUT2D eigenvalue weighted by Gasteiger charge is 2.37. The van der Waals surface area contributed by atoms with Crippen LogP contribution in [0.15, 0.2) is 35.8 Å². The van der Waals surface area contributed by atoms with Crippen LogP contribution >= 0.6 is 0 Å². The molecule has 2 rings (SSSR count). The SMILES string of the molecule is CC/C(O)=C(\Oc1ccc(C(F)(F)F)cc1)C1CC(=O)CC1O. The molecule has 7 heteroatoms. The Hall–Kier alpha value is -2.02. The molecule has 0 bridgehead atoms. The van der Waals surface area contributed by atoms with Crippen LogP contribution in [-0.2, 0) is 11.0 Å². The zero-order valence-electron chi connectivity index (χ0n) is 12.4. The van der Waals surface area contributed by atoms with E-state index in [0.717, 1.165) is 24.3 Å². The molecule has 2 N–H and O–H groups in total. The summed E-state index contributed by atoms with van der Waals surface area (Å²) in [5, 5.41) is 19.9. The Morgan fingerprint density at radius 3 is 2.30 bits per heavy atom. The number of aliphatic hydroxyl groups excluding tert-OH is 2. The number of hydrogen-bond donors (Lipinski definition) is 2. The number of allylic oxidation sites excluding steroid dienone is 1. The first-order valence-electron chi connectivity index (χ1n) is 7.19. The number of benzene rings is 1. The van der Waals surface area contributed by atoms with Crippen molar-refractivity contribution in [3.63, 3.8) is 0 Å². The fourth-order valence-corrected chi connectivity index (χ4v) is 2.47. The lowest BCUT2D eigenvalue weighted by Gasteiger charge is -2.20. The summed E-state index contributed by atoms with van der Waals surface area (Å²) in [4.78, 5) is 11.4. The number of alkyl halides is 3. The predicted octanol–water partition coefficient (Wildman–Crippen LogP) is 3.60. The van der Waals surface area contributed by atoms with E-state index in [4.69, 9.17) is 4.74 Å². The van der Waals surface area contributed by atoms with Gasteiger partial charge in [-0.2, -0.15) is 13.2 Å². The second-order valence-electron chi connectivity index (χ2n) is 5.41. The zero-order valence-corrected chi connectivity index (χ0v) is 12.4. The van der Waals surface area contributed by atoms with Crippen LogP contribution in [0, 0.1) is 5.92 Å². The first-order valence-corrected chi connectivity index (χ1v) is 7.19. The quantitative estimate of drug-likeness (QED) is 0.828. The van der Waals surface area contributed by atoms with E-state index in [0.29, 0.717) is 0 Å². The summed E-state index contributed by atoms with van der Waals surface area (Å²) in [7, 11) is 0. The lowest BCUT2D eigenvalue weighted by molar-refractivity contribution is -0.137. The number of ketones is 1. The van der Waals surface area contributed by atoms with Gasteiger partial charge >= 0.3 is 6.18 Å². The number of halogens is 3. The number of aliphatic hydroxyl groups is 2. The van der Waals surface area contributed by atoms with E-state index in [-0.39, 0.29) is 42.3 Å². The maximum absolute atomic E-state index is 12.5. The Balaban J connectivity index is 2.24. The molecule has 2 atom stereocenters. The highest BCUT2D eigenvalue weighted by Crippen LogP contribution is 2.35. The van der Waals surface area contributed by atoms with Gasteiger partial charge < -0.3 is 14.9 Å². The van der Waals surface area contributed by atoms with E-state index in [1.807, 2.05) is 0 Å². The monoisotopic (exact) mass is 330 g/mol. The van der Waals surface area contributed by atoms with Crippen LogP contribution in [0.5, 0.6) is 5.75 Å². The van der Waals surface area contributed by atoms with Crippen LogP contribution in [0.25, 0.3) is 0 Å². The molecule has 1 aliphatic carbocycles. The van der Waals surface area contributed by atoms with Gasteiger partial charge in [-0.25, -0.2) is 0 Å². The minimum atomic E-state index is -4.45. The van der Waals surface area contributed by atoms with Crippen molar-refractivity contribution < 1.29 is 32.9 Å². The maximum Gasteiger partial charge on any atom is 0.416 e. The molecule has 0 spiro atoms. The summed E-state index contributed by atoms with van der Waals surface area (Å²) in [6, 6.07) is 4.00. The van der Waals surface area contributed by atoms with Crippen LogP contribution < -0.4 is 4.74 Å². The molecule has 0 amide bonds. The van der Waals surface area contributed by atoms with Crippen molar-refractivity contribution in [1.29, 1.82) is 0 Å². The first kappa shape index (κ1) is 17.3. The van der Waals surface area contributed by atoms with Crippen LogP contribution in [0.3, 0.4) is 0 Å². The molecule has 4 nitrogen and oxygen atoms in total. The Morgan fingerprint density at radius 1 is 1.26 bits per heavy atom. The van der Waals surface area contributed by atoms with Gasteiger partial charge in [-0.15, -0.1) is 0 Å². The molecular weight excluding hydrogens is 313 g/mol. The molecular formula is C16H17F3O4. The fourth-order valence-electron chi connectivity index (χ4n) is 2.47. The Kier molecular flexibility index (Phi) is 4.99. The van der Waals surface area contributed by atoms with Gasteiger partial charge in [-0.1, -0.05) is 6.92 Å². The molecule has 1 aliphatic rings. The lowest BCUT2D eigenvalue weighted by atomic mass is 10.0. The van der Waals surface area contributed by atoms with Crippen LogP contribution in [0.2, 0.25) is 0 Å². The molecule has 1 saturated carbocycles. The topological polar surface area (TPSA) is 66.8 Å². The molecule has 0 aromatic heterocycles. The molecule has 0 heterocycles. The normalized spacial score (nSPS) is 22.9. The largest absolute Gasteiger partial charge is 0.509 e. The first-order chi connectivity index (χ1) is 10.7. The molecule has 126 valence electrons. The third kappa shape index (κ3) is 4.04. The van der Waals surface area contributed by atoms with E-state index < -0.39 is 23.8 Å². The summed E-state index contributed by atoms with van der Waals surface area (Å²) in [6.07, 6.45) is -5.20. The second kappa shape index (κ2) is 6.62. The van der Waals surface area contributed by atoms with Crippen molar-refractivity contribution in [2.24, 2.45) is 5.92 Å². The van der Waals surface area contributed by atoms with E-state index in [1.165, 1.54) is 0 Å². The third-order valence-corrected chi connectivity index (χ3v) is 3.71. The number of carbonyl (C=O) groups is 1. The second-order valence-corrected chi connectivity index (χ2v) is 5.41. The average molecular weight is 330 g/mol. The lowest BCUT2D eigenvalue weighted by Crippen LogP contribution is -2.20. The van der Waals surface area contributed by atoms with Crippen molar-refractivity contribution in [3.8, 4) is 5.75 Å². The van der Waals surface area contributed by atoms with Crippen LogP contribution in [0.1, 0.15) is 31.7 Å². The number of Topliss-reactive ketones (excluding diaryl/α,β-unsaturated/α-hetero) is 1. The minimum Gasteiger partial charge on any atom is -0.509 e. The van der Waals surface area contributed by atoms with Gasteiger partial charge in [0.05, 0.1) is 17.6 Å². The number of hydrogen-bond acceptors (Lipinski definition) is 4. The molecule has 2 unspecified atom stereocenters. The van der Waals surface area contributed by atoms with Crippen LogP contribution in [-0.4, -0.2) is 22.1 Å². The number of ether oxygens (including phenoxy) is 1. The molecule has 0 aliphatic heterocycles. The van der Waals surface area contributed by atoms with Gasteiger partial charge in [0.1, 0.15) is 23.1 Å². The van der Waals surface area contributed by atoms with Gasteiger partial charge in [0.15, 0.2) is 0 Å². The van der Waals surface area contributed by atoms with Crippen molar-refractivity contribution in [2.75, 3.05) is 0 Å². The Labute approximate surface area is 131 Å². The van der Waals surface area contributed by atoms with E-state index in [2.05, 4.69) is 0 Å². The van der Waals surface area contributed by atoms with E-state index in [1.54, 1.807) is 6.92 Å². The summed E-state index contributed by atoms with van der Waals surface area (Å²) < 4.78 is 43.1.